The third-order valence-corrected chi connectivity index (χ3v) is 4.05. The van der Waals surface area contributed by atoms with E-state index in [0.29, 0.717) is 17.9 Å². The van der Waals surface area contributed by atoms with Crippen molar-refractivity contribution in [3.05, 3.63) is 51.2 Å². The molecule has 1 atom stereocenters. The van der Waals surface area contributed by atoms with Crippen molar-refractivity contribution in [1.82, 2.24) is 9.78 Å². The number of nitro groups is 1. The van der Waals surface area contributed by atoms with Gasteiger partial charge < -0.3 is 5.32 Å². The van der Waals surface area contributed by atoms with Crippen LogP contribution in [0.25, 0.3) is 0 Å². The molecule has 110 valence electrons. The van der Waals surface area contributed by atoms with Gasteiger partial charge in [0, 0.05) is 7.05 Å². The van der Waals surface area contributed by atoms with Crippen molar-refractivity contribution < 1.29 is 4.92 Å². The Morgan fingerprint density at radius 2 is 2.24 bits per heavy atom. The van der Waals surface area contributed by atoms with E-state index < -0.39 is 0 Å². The molecule has 1 N–H and O–H groups in total. The van der Waals surface area contributed by atoms with Gasteiger partial charge in [-0.05, 0) is 30.4 Å². The molecule has 0 saturated heterocycles. The van der Waals surface area contributed by atoms with Crippen LogP contribution in [0.5, 0.6) is 0 Å². The molecule has 1 heterocycles. The molecule has 1 aliphatic rings. The normalized spacial score (nSPS) is 16.8. The highest BCUT2D eigenvalue weighted by atomic mass is 16.6. The summed E-state index contributed by atoms with van der Waals surface area (Å²) in [5.74, 6) is 0.499. The van der Waals surface area contributed by atoms with E-state index in [4.69, 9.17) is 0 Å². The fourth-order valence-corrected chi connectivity index (χ4v) is 3.03. The van der Waals surface area contributed by atoms with Gasteiger partial charge in [-0.1, -0.05) is 31.2 Å². The molecule has 0 fully saturated rings. The summed E-state index contributed by atoms with van der Waals surface area (Å²) in [6.45, 7) is 1.88. The Bertz CT molecular complexity index is 693. The fourth-order valence-electron chi connectivity index (χ4n) is 3.03. The van der Waals surface area contributed by atoms with E-state index in [0.717, 1.165) is 12.8 Å². The topological polar surface area (TPSA) is 73.0 Å². The number of rotatable bonds is 4. The molecule has 3 rings (SSSR count). The van der Waals surface area contributed by atoms with Crippen LogP contribution in [-0.2, 0) is 19.9 Å². The molecule has 21 heavy (non-hydrogen) atoms. The predicted octanol–water partition coefficient (Wildman–Crippen LogP) is 2.99. The van der Waals surface area contributed by atoms with Crippen molar-refractivity contribution >= 4 is 11.5 Å². The van der Waals surface area contributed by atoms with Crippen LogP contribution >= 0.6 is 0 Å². The minimum absolute atomic E-state index is 0.101. The van der Waals surface area contributed by atoms with Crippen molar-refractivity contribution in [1.29, 1.82) is 0 Å². The Balaban J connectivity index is 1.96. The van der Waals surface area contributed by atoms with Gasteiger partial charge in [-0.3, -0.25) is 10.1 Å². The fraction of sp³-hybridized carbons (Fsp3) is 0.400. The van der Waals surface area contributed by atoms with Gasteiger partial charge in [0.2, 0.25) is 5.82 Å². The van der Waals surface area contributed by atoms with Crippen molar-refractivity contribution in [2.75, 3.05) is 5.32 Å². The lowest BCUT2D eigenvalue weighted by Crippen LogP contribution is -2.11. The highest BCUT2D eigenvalue weighted by Gasteiger charge is 2.29. The zero-order chi connectivity index (χ0) is 15.0. The zero-order valence-electron chi connectivity index (χ0n) is 12.2. The number of fused-ring (bicyclic) bond motifs is 1. The molecule has 0 saturated carbocycles. The molecule has 1 aromatic heterocycles. The molecular formula is C15H18N4O2. The van der Waals surface area contributed by atoms with Crippen molar-refractivity contribution in [3.63, 3.8) is 0 Å². The number of benzene rings is 1. The molecular weight excluding hydrogens is 268 g/mol. The summed E-state index contributed by atoms with van der Waals surface area (Å²) in [5, 5.41) is 18.9. The number of aromatic nitrogens is 2. The van der Waals surface area contributed by atoms with Crippen LogP contribution in [-0.4, -0.2) is 14.7 Å². The number of hydrogen-bond donors (Lipinski definition) is 1. The Labute approximate surface area is 122 Å². The number of nitrogens with one attached hydrogen (secondary N) is 1. The quantitative estimate of drug-likeness (QED) is 0.692. The van der Waals surface area contributed by atoms with E-state index in [1.54, 1.807) is 11.7 Å². The van der Waals surface area contributed by atoms with Crippen LogP contribution in [0.3, 0.4) is 0 Å². The summed E-state index contributed by atoms with van der Waals surface area (Å²) in [6.07, 6.45) is 2.50. The SMILES string of the molecule is CCc1nn(C)c(NC2CCc3ccccc32)c1[N+](=O)[O-]. The van der Waals surface area contributed by atoms with E-state index in [-0.39, 0.29) is 16.7 Å². The standard InChI is InChI=1S/C15H18N4O2/c1-3-12-14(19(20)21)15(18(2)17-12)16-13-9-8-10-6-4-5-7-11(10)13/h4-7,13,16H,3,8-9H2,1-2H3. The molecule has 0 aliphatic heterocycles. The minimum atomic E-state index is -0.338. The van der Waals surface area contributed by atoms with Crippen molar-refractivity contribution in [2.45, 2.75) is 32.2 Å². The maximum atomic E-state index is 11.3. The Kier molecular flexibility index (Phi) is 3.37. The third-order valence-electron chi connectivity index (χ3n) is 4.05. The number of aryl methyl sites for hydroxylation is 3. The highest BCUT2D eigenvalue weighted by Crippen LogP contribution is 2.37. The number of nitrogens with zero attached hydrogens (tertiary/aromatic N) is 3. The van der Waals surface area contributed by atoms with Gasteiger partial charge in [-0.15, -0.1) is 0 Å². The number of anilines is 1. The van der Waals surface area contributed by atoms with Crippen LogP contribution in [0.2, 0.25) is 0 Å². The van der Waals surface area contributed by atoms with Gasteiger partial charge in [0.25, 0.3) is 0 Å². The molecule has 6 nitrogen and oxygen atoms in total. The summed E-state index contributed by atoms with van der Waals surface area (Å²) < 4.78 is 1.58. The van der Waals surface area contributed by atoms with E-state index in [1.807, 2.05) is 19.1 Å². The second kappa shape index (κ2) is 5.20. The highest BCUT2D eigenvalue weighted by molar-refractivity contribution is 5.61. The van der Waals surface area contributed by atoms with E-state index in [2.05, 4.69) is 22.5 Å². The van der Waals surface area contributed by atoms with Gasteiger partial charge in [0.05, 0.1) is 11.0 Å². The summed E-state index contributed by atoms with van der Waals surface area (Å²) in [5.41, 5.74) is 3.17. The van der Waals surface area contributed by atoms with E-state index in [1.165, 1.54) is 11.1 Å². The lowest BCUT2D eigenvalue weighted by Gasteiger charge is -2.14. The molecule has 1 unspecified atom stereocenters. The smallest absolute Gasteiger partial charge is 0.333 e. The zero-order valence-corrected chi connectivity index (χ0v) is 12.2. The molecule has 1 aromatic carbocycles. The first-order chi connectivity index (χ1) is 10.1. The van der Waals surface area contributed by atoms with Crippen LogP contribution in [0.1, 0.15) is 36.2 Å². The first-order valence-corrected chi connectivity index (χ1v) is 7.16. The molecule has 2 aromatic rings. The average Bonchev–Trinajstić information content (AvgIpc) is 3.02. The first-order valence-electron chi connectivity index (χ1n) is 7.16. The molecule has 0 radical (unpaired) electrons. The van der Waals surface area contributed by atoms with Crippen molar-refractivity contribution in [3.8, 4) is 0 Å². The molecule has 6 heteroatoms. The Morgan fingerprint density at radius 1 is 1.48 bits per heavy atom. The summed E-state index contributed by atoms with van der Waals surface area (Å²) >= 11 is 0. The van der Waals surface area contributed by atoms with Gasteiger partial charge in [0.15, 0.2) is 0 Å². The molecule has 0 spiro atoms. The van der Waals surface area contributed by atoms with Gasteiger partial charge in [0.1, 0.15) is 5.69 Å². The van der Waals surface area contributed by atoms with Gasteiger partial charge >= 0.3 is 5.69 Å². The maximum absolute atomic E-state index is 11.3. The lowest BCUT2D eigenvalue weighted by molar-refractivity contribution is -0.384. The molecule has 0 bridgehead atoms. The monoisotopic (exact) mass is 286 g/mol. The van der Waals surface area contributed by atoms with Crippen LogP contribution < -0.4 is 5.32 Å². The van der Waals surface area contributed by atoms with Crippen LogP contribution in [0.4, 0.5) is 11.5 Å². The lowest BCUT2D eigenvalue weighted by atomic mass is 10.1. The summed E-state index contributed by atoms with van der Waals surface area (Å²) in [6, 6.07) is 8.35. The van der Waals surface area contributed by atoms with Gasteiger partial charge in [-0.2, -0.15) is 5.10 Å². The summed E-state index contributed by atoms with van der Waals surface area (Å²) in [7, 11) is 1.75. The molecule has 0 amide bonds. The van der Waals surface area contributed by atoms with Crippen molar-refractivity contribution in [2.24, 2.45) is 7.05 Å². The van der Waals surface area contributed by atoms with Gasteiger partial charge in [-0.25, -0.2) is 4.68 Å². The van der Waals surface area contributed by atoms with E-state index in [9.17, 15) is 10.1 Å². The average molecular weight is 286 g/mol. The first kappa shape index (κ1) is 13.6. The van der Waals surface area contributed by atoms with Crippen LogP contribution in [0.15, 0.2) is 24.3 Å². The number of hydrogen-bond acceptors (Lipinski definition) is 4. The van der Waals surface area contributed by atoms with E-state index >= 15 is 0 Å². The maximum Gasteiger partial charge on any atom is 0.333 e. The summed E-state index contributed by atoms with van der Waals surface area (Å²) in [4.78, 5) is 11.0. The Morgan fingerprint density at radius 3 is 2.95 bits per heavy atom. The largest absolute Gasteiger partial charge is 0.358 e. The predicted molar refractivity (Wildman–Crippen MR) is 80.4 cm³/mol. The second-order valence-corrected chi connectivity index (χ2v) is 5.31. The molecule has 1 aliphatic carbocycles. The van der Waals surface area contributed by atoms with Crippen LogP contribution in [0, 0.1) is 10.1 Å². The second-order valence-electron chi connectivity index (χ2n) is 5.31. The Hall–Kier alpha value is -2.37. The minimum Gasteiger partial charge on any atom is -0.358 e. The third kappa shape index (κ3) is 2.26.